The van der Waals surface area contributed by atoms with Crippen LogP contribution in [0.3, 0.4) is 0 Å². The van der Waals surface area contributed by atoms with E-state index >= 15 is 0 Å². The Hall–Kier alpha value is -5.02. The van der Waals surface area contributed by atoms with Gasteiger partial charge in [-0.3, -0.25) is 0 Å². The van der Waals surface area contributed by atoms with Crippen LogP contribution in [0, 0.1) is 0 Å². The first kappa shape index (κ1) is 34.3. The molecule has 0 N–H and O–H groups in total. The van der Waals surface area contributed by atoms with Crippen molar-refractivity contribution in [3.8, 4) is 11.1 Å². The maximum Gasteiger partial charge on any atom is 0.328 e. The zero-order valence-corrected chi connectivity index (χ0v) is 34.4. The Kier molecular flexibility index (Phi) is 6.78. The van der Waals surface area contributed by atoms with E-state index in [4.69, 9.17) is 0 Å². The maximum atomic E-state index is 2.99. The molecular formula is C53H53BN2. The van der Waals surface area contributed by atoms with Crippen molar-refractivity contribution in [2.75, 3.05) is 9.71 Å². The molecule has 0 amide bonds. The van der Waals surface area contributed by atoms with Crippen LogP contribution in [0.2, 0.25) is 0 Å². The average Bonchev–Trinajstić information content (AvgIpc) is 3.40. The van der Waals surface area contributed by atoms with E-state index in [1.807, 2.05) is 0 Å². The van der Waals surface area contributed by atoms with Crippen molar-refractivity contribution in [3.63, 3.8) is 0 Å². The number of nitrogens with zero attached hydrogens (tertiary/aromatic N) is 2. The van der Waals surface area contributed by atoms with Crippen LogP contribution in [-0.4, -0.2) is 12.4 Å². The minimum absolute atomic E-state index is 0.0322. The van der Waals surface area contributed by atoms with Crippen molar-refractivity contribution < 1.29 is 0 Å². The third-order valence-corrected chi connectivity index (χ3v) is 15.2. The van der Waals surface area contributed by atoms with Gasteiger partial charge in [-0.25, -0.2) is 0 Å². The van der Waals surface area contributed by atoms with Gasteiger partial charge in [0, 0.05) is 33.6 Å². The lowest BCUT2D eigenvalue weighted by molar-refractivity contribution is 0.199. The molecule has 56 heavy (non-hydrogen) atoms. The van der Waals surface area contributed by atoms with Crippen LogP contribution in [0.1, 0.15) is 120 Å². The first-order chi connectivity index (χ1) is 26.8. The molecular weight excluding hydrogens is 675 g/mol. The third kappa shape index (κ3) is 4.09. The van der Waals surface area contributed by atoms with E-state index < -0.39 is 5.41 Å². The van der Waals surface area contributed by atoms with Gasteiger partial charge in [-0.05, 0) is 104 Å². The number of para-hydroxylation sites is 2. The fraction of sp³-hybridized carbons (Fsp3) is 0.321. The van der Waals surface area contributed by atoms with Gasteiger partial charge in [-0.2, -0.15) is 0 Å². The molecule has 0 saturated heterocycles. The number of rotatable bonds is 2. The Morgan fingerprint density at radius 1 is 0.536 bits per heavy atom. The normalized spacial score (nSPS) is 22.2. The molecule has 2 nitrogen and oxygen atoms in total. The van der Waals surface area contributed by atoms with Crippen molar-refractivity contribution >= 4 is 40.5 Å². The highest BCUT2D eigenvalue weighted by molar-refractivity contribution is 6.93. The van der Waals surface area contributed by atoms with Crippen molar-refractivity contribution in [2.45, 2.75) is 108 Å². The molecule has 6 aromatic carbocycles. The molecule has 0 spiro atoms. The zero-order chi connectivity index (χ0) is 38.6. The van der Waals surface area contributed by atoms with Crippen LogP contribution in [0.25, 0.3) is 11.1 Å². The third-order valence-electron chi connectivity index (χ3n) is 15.2. The molecule has 3 heteroatoms. The summed E-state index contributed by atoms with van der Waals surface area (Å²) in [6.07, 6.45) is 4.97. The standard InChI is InChI=1S/C53H53BN2/c1-49(2,3)36-31-39-38-30-37(50(4,5)6)33-45-46(38)54(56-47(39)42(32-36)51(7)28-17-18-29-52(51,56)8)43-26-19-25-41-48(43)55(45)44-27-16-15-24-40(44)53(41,34-20-11-9-12-21-34)35-22-13-10-14-23-35/h9-16,19-27,30-33H,17-18,28-29H2,1-8H3. The van der Waals surface area contributed by atoms with Crippen molar-refractivity contribution in [3.05, 3.63) is 166 Å². The molecule has 5 aliphatic rings. The highest BCUT2D eigenvalue weighted by atomic mass is 15.2. The summed E-state index contributed by atoms with van der Waals surface area (Å²) < 4.78 is 0. The quantitative estimate of drug-likeness (QED) is 0.164. The summed E-state index contributed by atoms with van der Waals surface area (Å²) >= 11 is 0. The number of hydrogen-bond acceptors (Lipinski definition) is 2. The number of hydrogen-bond donors (Lipinski definition) is 0. The SMILES string of the molecule is CC(C)(C)c1cc2c3c(c1)N1c4ccccc4C(c4ccccc4)(c4ccccc4)c4cccc(c41)B3N1c3c-2cc(C(C)(C)C)cc3C2(C)CCCCC12C. The first-order valence-corrected chi connectivity index (χ1v) is 21.1. The summed E-state index contributed by atoms with van der Waals surface area (Å²) in [5.41, 5.74) is 20.5. The van der Waals surface area contributed by atoms with Crippen molar-refractivity contribution in [1.82, 2.24) is 0 Å². The largest absolute Gasteiger partial charge is 0.400 e. The predicted molar refractivity (Wildman–Crippen MR) is 238 cm³/mol. The lowest BCUT2D eigenvalue weighted by Gasteiger charge is -2.56. The second kappa shape index (κ2) is 11.1. The summed E-state index contributed by atoms with van der Waals surface area (Å²) in [4.78, 5) is 5.69. The van der Waals surface area contributed by atoms with Gasteiger partial charge in [-0.15, -0.1) is 0 Å². The van der Waals surface area contributed by atoms with Crippen molar-refractivity contribution in [2.24, 2.45) is 0 Å². The number of fused-ring (bicyclic) bond motifs is 9. The van der Waals surface area contributed by atoms with Gasteiger partial charge in [0.05, 0.1) is 11.1 Å². The lowest BCUT2D eigenvalue weighted by Crippen LogP contribution is -2.71. The van der Waals surface area contributed by atoms with Crippen LogP contribution < -0.4 is 20.6 Å². The van der Waals surface area contributed by atoms with Crippen LogP contribution >= 0.6 is 0 Å². The molecule has 6 aromatic rings. The van der Waals surface area contributed by atoms with Gasteiger partial charge in [-0.1, -0.05) is 171 Å². The molecule has 2 unspecified atom stereocenters. The Bertz CT molecular complexity index is 2570. The van der Waals surface area contributed by atoms with Gasteiger partial charge < -0.3 is 9.71 Å². The molecule has 2 atom stereocenters. The number of benzene rings is 6. The summed E-state index contributed by atoms with van der Waals surface area (Å²) in [5, 5.41) is 0. The molecule has 4 heterocycles. The Balaban J connectivity index is 1.33. The highest BCUT2D eigenvalue weighted by Crippen LogP contribution is 2.65. The first-order valence-electron chi connectivity index (χ1n) is 21.1. The molecule has 0 aromatic heterocycles. The highest BCUT2D eigenvalue weighted by Gasteiger charge is 2.64. The maximum absolute atomic E-state index is 2.99. The monoisotopic (exact) mass is 728 g/mol. The Labute approximate surface area is 334 Å². The Morgan fingerprint density at radius 2 is 1.12 bits per heavy atom. The van der Waals surface area contributed by atoms with Gasteiger partial charge in [0.1, 0.15) is 0 Å². The van der Waals surface area contributed by atoms with E-state index in [0.717, 1.165) is 0 Å². The summed E-state index contributed by atoms with van der Waals surface area (Å²) in [6, 6.07) is 49.7. The van der Waals surface area contributed by atoms with E-state index in [1.165, 1.54) is 104 Å². The molecule has 11 rings (SSSR count). The fourth-order valence-corrected chi connectivity index (χ4v) is 12.1. The van der Waals surface area contributed by atoms with Crippen LogP contribution in [0.5, 0.6) is 0 Å². The molecule has 0 bridgehead atoms. The minimum atomic E-state index is -0.503. The second-order valence-corrected chi connectivity index (χ2v) is 20.0. The van der Waals surface area contributed by atoms with E-state index in [2.05, 4.69) is 192 Å². The smallest absolute Gasteiger partial charge is 0.328 e. The topological polar surface area (TPSA) is 6.48 Å². The van der Waals surface area contributed by atoms with Gasteiger partial charge >= 0.3 is 6.85 Å². The molecule has 0 radical (unpaired) electrons. The zero-order valence-electron chi connectivity index (χ0n) is 34.4. The average molecular weight is 729 g/mol. The van der Waals surface area contributed by atoms with Crippen LogP contribution in [0.4, 0.5) is 22.7 Å². The molecule has 278 valence electrons. The van der Waals surface area contributed by atoms with E-state index in [1.54, 1.807) is 5.56 Å². The summed E-state index contributed by atoms with van der Waals surface area (Å²) in [7, 11) is 0. The van der Waals surface area contributed by atoms with Gasteiger partial charge in [0.2, 0.25) is 0 Å². The summed E-state index contributed by atoms with van der Waals surface area (Å²) in [5.74, 6) is 0. The number of anilines is 4. The minimum Gasteiger partial charge on any atom is -0.400 e. The van der Waals surface area contributed by atoms with Crippen molar-refractivity contribution in [1.29, 1.82) is 0 Å². The van der Waals surface area contributed by atoms with E-state index in [0.29, 0.717) is 0 Å². The van der Waals surface area contributed by atoms with E-state index in [-0.39, 0.29) is 28.6 Å². The molecule has 1 aliphatic carbocycles. The summed E-state index contributed by atoms with van der Waals surface area (Å²) in [6.45, 7) is 19.7. The van der Waals surface area contributed by atoms with Crippen LogP contribution in [-0.2, 0) is 21.7 Å². The van der Waals surface area contributed by atoms with E-state index in [9.17, 15) is 0 Å². The predicted octanol–water partition coefficient (Wildman–Crippen LogP) is 12.0. The van der Waals surface area contributed by atoms with Gasteiger partial charge in [0.15, 0.2) is 0 Å². The molecule has 4 aliphatic heterocycles. The lowest BCUT2D eigenvalue weighted by atomic mass is 9.41. The molecule has 1 saturated carbocycles. The molecule has 1 fully saturated rings. The fourth-order valence-electron chi connectivity index (χ4n) is 12.1. The second-order valence-electron chi connectivity index (χ2n) is 20.0. The van der Waals surface area contributed by atoms with Gasteiger partial charge in [0.25, 0.3) is 0 Å². The van der Waals surface area contributed by atoms with Crippen LogP contribution in [0.15, 0.2) is 127 Å². The Morgan fingerprint density at radius 3 is 1.80 bits per heavy atom.